The van der Waals surface area contributed by atoms with Crippen molar-refractivity contribution < 1.29 is 19.1 Å². The molecule has 0 radical (unpaired) electrons. The summed E-state index contributed by atoms with van der Waals surface area (Å²) in [7, 11) is 2.91. The van der Waals surface area contributed by atoms with Crippen LogP contribution in [0.15, 0.2) is 0 Å². The first-order chi connectivity index (χ1) is 10.6. The molecule has 22 heavy (non-hydrogen) atoms. The van der Waals surface area contributed by atoms with Crippen LogP contribution in [0, 0.1) is 0 Å². The lowest BCUT2D eigenvalue weighted by Gasteiger charge is -2.25. The Bertz CT molecular complexity index is 534. The summed E-state index contributed by atoms with van der Waals surface area (Å²) in [6, 6.07) is 0. The van der Waals surface area contributed by atoms with Crippen LogP contribution in [0.2, 0.25) is 0 Å². The molecular weight excluding hydrogens is 308 g/mol. The number of aromatic nitrogens is 1. The van der Waals surface area contributed by atoms with Gasteiger partial charge in [0, 0.05) is 38.0 Å². The monoisotopic (exact) mass is 328 g/mol. The summed E-state index contributed by atoms with van der Waals surface area (Å²) in [5.41, 5.74) is 0.979. The average Bonchev–Trinajstić information content (AvgIpc) is 2.88. The fourth-order valence-electron chi connectivity index (χ4n) is 2.13. The molecule has 0 unspecified atom stereocenters. The van der Waals surface area contributed by atoms with Crippen LogP contribution < -0.4 is 10.6 Å². The first kappa shape index (κ1) is 16.7. The summed E-state index contributed by atoms with van der Waals surface area (Å²) < 4.78 is 9.44. The number of anilines is 1. The molecule has 1 aliphatic rings. The number of thiazole rings is 1. The number of rotatable bonds is 6. The van der Waals surface area contributed by atoms with E-state index in [0.717, 1.165) is 23.5 Å². The van der Waals surface area contributed by atoms with Crippen molar-refractivity contribution in [3.05, 3.63) is 10.6 Å². The molecule has 2 heterocycles. The minimum Gasteiger partial charge on any atom is -0.453 e. The zero-order valence-electron chi connectivity index (χ0n) is 12.7. The van der Waals surface area contributed by atoms with Gasteiger partial charge in [-0.3, -0.25) is 15.0 Å². The number of hydrogen-bond acceptors (Lipinski definition) is 7. The number of amides is 2. The number of ether oxygens (including phenoxy) is 2. The topological polar surface area (TPSA) is 92.8 Å². The molecule has 122 valence electrons. The van der Waals surface area contributed by atoms with Crippen LogP contribution in [-0.4, -0.2) is 62.3 Å². The van der Waals surface area contributed by atoms with Crippen molar-refractivity contribution in [2.24, 2.45) is 0 Å². The highest BCUT2D eigenvalue weighted by atomic mass is 32.1. The molecule has 0 aromatic carbocycles. The molecule has 1 aromatic heterocycles. The molecule has 2 amide bonds. The second kappa shape index (κ2) is 8.06. The van der Waals surface area contributed by atoms with E-state index in [1.165, 1.54) is 18.4 Å². The van der Waals surface area contributed by atoms with E-state index in [9.17, 15) is 9.59 Å². The number of methoxy groups -OCH3 is 2. The van der Waals surface area contributed by atoms with Crippen molar-refractivity contribution in [2.75, 3.05) is 45.8 Å². The van der Waals surface area contributed by atoms with Gasteiger partial charge in [-0.2, -0.15) is 0 Å². The summed E-state index contributed by atoms with van der Waals surface area (Å²) in [6.45, 7) is 2.80. The summed E-state index contributed by atoms with van der Waals surface area (Å²) in [6.07, 6.45) is 0.237. The van der Waals surface area contributed by atoms with Crippen molar-refractivity contribution in [3.8, 4) is 0 Å². The average molecular weight is 328 g/mol. The van der Waals surface area contributed by atoms with Crippen LogP contribution in [0.25, 0.3) is 0 Å². The lowest BCUT2D eigenvalue weighted by Crippen LogP contribution is -2.40. The van der Waals surface area contributed by atoms with Crippen molar-refractivity contribution in [1.29, 1.82) is 0 Å². The highest BCUT2D eigenvalue weighted by Gasteiger charge is 2.22. The molecule has 1 aliphatic heterocycles. The van der Waals surface area contributed by atoms with Crippen LogP contribution in [0.4, 0.5) is 9.93 Å². The Labute approximate surface area is 132 Å². The molecular formula is C13H20N4O4S. The maximum Gasteiger partial charge on any atom is 0.413 e. The lowest BCUT2D eigenvalue weighted by atomic mass is 10.2. The van der Waals surface area contributed by atoms with Gasteiger partial charge in [0.05, 0.1) is 26.0 Å². The molecule has 2 N–H and O–H groups in total. The number of nitrogens with one attached hydrogen (secondary N) is 2. The quantitative estimate of drug-likeness (QED) is 0.736. The molecule has 0 saturated heterocycles. The smallest absolute Gasteiger partial charge is 0.413 e. The van der Waals surface area contributed by atoms with E-state index in [2.05, 4.69) is 25.3 Å². The Morgan fingerprint density at radius 2 is 2.23 bits per heavy atom. The van der Waals surface area contributed by atoms with E-state index >= 15 is 0 Å². The van der Waals surface area contributed by atoms with Crippen molar-refractivity contribution in [3.63, 3.8) is 0 Å². The lowest BCUT2D eigenvalue weighted by molar-refractivity contribution is -0.122. The molecule has 0 atom stereocenters. The normalized spacial score (nSPS) is 14.3. The van der Waals surface area contributed by atoms with Gasteiger partial charge in [0.15, 0.2) is 5.13 Å². The Balaban J connectivity index is 1.85. The van der Waals surface area contributed by atoms with Gasteiger partial charge in [0.2, 0.25) is 5.91 Å². The predicted molar refractivity (Wildman–Crippen MR) is 82.0 cm³/mol. The third kappa shape index (κ3) is 4.65. The first-order valence-electron chi connectivity index (χ1n) is 6.94. The van der Waals surface area contributed by atoms with Crippen molar-refractivity contribution in [1.82, 2.24) is 15.2 Å². The fraction of sp³-hybridized carbons (Fsp3) is 0.615. The first-order valence-corrected chi connectivity index (χ1v) is 7.75. The molecule has 8 nitrogen and oxygen atoms in total. The Morgan fingerprint density at radius 1 is 1.41 bits per heavy atom. The fourth-order valence-corrected chi connectivity index (χ4v) is 3.16. The van der Waals surface area contributed by atoms with E-state index < -0.39 is 6.09 Å². The van der Waals surface area contributed by atoms with E-state index in [4.69, 9.17) is 4.74 Å². The minimum atomic E-state index is -0.527. The third-order valence-electron chi connectivity index (χ3n) is 3.20. The SMILES string of the molecule is COCCNC(=O)CN1CCc2nc(NC(=O)OC)sc2C1. The summed E-state index contributed by atoms with van der Waals surface area (Å²) in [4.78, 5) is 30.5. The third-order valence-corrected chi connectivity index (χ3v) is 4.20. The predicted octanol–water partition coefficient (Wildman–Crippen LogP) is 0.442. The van der Waals surface area contributed by atoms with Crippen LogP contribution in [0.5, 0.6) is 0 Å². The number of carbonyl (C=O) groups excluding carboxylic acids is 2. The largest absolute Gasteiger partial charge is 0.453 e. The van der Waals surface area contributed by atoms with Gasteiger partial charge >= 0.3 is 6.09 Å². The van der Waals surface area contributed by atoms with Crippen LogP contribution in [0.1, 0.15) is 10.6 Å². The Morgan fingerprint density at radius 3 is 2.95 bits per heavy atom. The molecule has 2 rings (SSSR count). The number of nitrogens with zero attached hydrogens (tertiary/aromatic N) is 2. The highest BCUT2D eigenvalue weighted by molar-refractivity contribution is 7.15. The van der Waals surface area contributed by atoms with Gasteiger partial charge in [0.25, 0.3) is 0 Å². The van der Waals surface area contributed by atoms with Crippen LogP contribution in [-0.2, 0) is 27.2 Å². The van der Waals surface area contributed by atoms with Gasteiger partial charge in [0.1, 0.15) is 0 Å². The van der Waals surface area contributed by atoms with Gasteiger partial charge < -0.3 is 14.8 Å². The number of fused-ring (bicyclic) bond motifs is 1. The maximum atomic E-state index is 11.8. The Kier molecular flexibility index (Phi) is 6.10. The second-order valence-electron chi connectivity index (χ2n) is 4.81. The van der Waals surface area contributed by atoms with E-state index in [-0.39, 0.29) is 5.91 Å². The standard InChI is InChI=1S/C13H20N4O4S/c1-20-6-4-14-11(18)8-17-5-3-9-10(7-17)22-12(15-9)16-13(19)21-2/h3-8H2,1-2H3,(H,14,18)(H,15,16,19). The van der Waals surface area contributed by atoms with Crippen molar-refractivity contribution in [2.45, 2.75) is 13.0 Å². The van der Waals surface area contributed by atoms with Crippen molar-refractivity contribution >= 4 is 28.5 Å². The van der Waals surface area contributed by atoms with Crippen LogP contribution in [0.3, 0.4) is 0 Å². The van der Waals surface area contributed by atoms with E-state index in [1.54, 1.807) is 7.11 Å². The zero-order valence-corrected chi connectivity index (χ0v) is 13.5. The minimum absolute atomic E-state index is 0.0158. The second-order valence-corrected chi connectivity index (χ2v) is 5.89. The molecule has 9 heteroatoms. The van der Waals surface area contributed by atoms with Gasteiger partial charge in [-0.25, -0.2) is 9.78 Å². The maximum absolute atomic E-state index is 11.8. The molecule has 0 bridgehead atoms. The molecule has 0 aliphatic carbocycles. The van der Waals surface area contributed by atoms with E-state index in [1.807, 2.05) is 0 Å². The van der Waals surface area contributed by atoms with E-state index in [0.29, 0.717) is 31.4 Å². The summed E-state index contributed by atoms with van der Waals surface area (Å²) in [5.74, 6) is -0.0158. The van der Waals surface area contributed by atoms with Crippen LogP contribution >= 0.6 is 11.3 Å². The molecule has 0 saturated carbocycles. The molecule has 0 spiro atoms. The molecule has 1 aromatic rings. The Hall–Kier alpha value is -1.71. The summed E-state index contributed by atoms with van der Waals surface area (Å²) in [5, 5.41) is 5.91. The highest BCUT2D eigenvalue weighted by Crippen LogP contribution is 2.28. The van der Waals surface area contributed by atoms with Gasteiger partial charge in [-0.15, -0.1) is 0 Å². The molecule has 0 fully saturated rings. The van der Waals surface area contributed by atoms with Gasteiger partial charge in [-0.05, 0) is 0 Å². The summed E-state index contributed by atoms with van der Waals surface area (Å²) >= 11 is 1.41. The zero-order chi connectivity index (χ0) is 15.9. The number of hydrogen-bond donors (Lipinski definition) is 2. The number of carbonyl (C=O) groups is 2. The van der Waals surface area contributed by atoms with Gasteiger partial charge in [-0.1, -0.05) is 11.3 Å².